The molecule has 0 atom stereocenters. The van der Waals surface area contributed by atoms with Crippen LogP contribution in [0.1, 0.15) is 5.56 Å². The van der Waals surface area contributed by atoms with E-state index in [1.54, 1.807) is 18.2 Å². The van der Waals surface area contributed by atoms with Crippen LogP contribution >= 0.6 is 46.6 Å². The van der Waals surface area contributed by atoms with Gasteiger partial charge in [0.15, 0.2) is 0 Å². The molecule has 0 N–H and O–H groups in total. The van der Waals surface area contributed by atoms with Crippen molar-refractivity contribution in [2.75, 3.05) is 0 Å². The highest BCUT2D eigenvalue weighted by molar-refractivity contribution is 7.99. The van der Waals surface area contributed by atoms with Crippen LogP contribution in [-0.2, 0) is 0 Å². The molecule has 2 rings (SSSR count). The number of benzene rings is 1. The largest absolute Gasteiger partial charge is 0.229 e. The third kappa shape index (κ3) is 3.30. The number of halogens is 3. The zero-order chi connectivity index (χ0) is 13.1. The quantitative estimate of drug-likeness (QED) is 0.726. The molecule has 0 amide bonds. The lowest BCUT2D eigenvalue weighted by molar-refractivity contribution is 1.12. The summed E-state index contributed by atoms with van der Waals surface area (Å²) in [6, 6.07) is 10.5. The number of hydrogen-bond acceptors (Lipinski definition) is 3. The molecule has 0 fully saturated rings. The second kappa shape index (κ2) is 5.81. The monoisotopic (exact) mass is 314 g/mol. The average Bonchev–Trinajstić information content (AvgIpc) is 2.33. The molecule has 0 aliphatic heterocycles. The minimum atomic E-state index is 0.289. The van der Waals surface area contributed by atoms with Crippen LogP contribution in [-0.4, -0.2) is 4.98 Å². The van der Waals surface area contributed by atoms with Crippen molar-refractivity contribution in [1.82, 2.24) is 4.98 Å². The molecule has 0 radical (unpaired) electrons. The molecule has 0 saturated carbocycles. The van der Waals surface area contributed by atoms with Crippen LogP contribution in [0.2, 0.25) is 15.2 Å². The molecule has 1 heterocycles. The molecule has 6 heteroatoms. The first-order valence-corrected chi connectivity index (χ1v) is 6.74. The van der Waals surface area contributed by atoms with Gasteiger partial charge in [0.2, 0.25) is 0 Å². The minimum absolute atomic E-state index is 0.289. The van der Waals surface area contributed by atoms with E-state index < -0.39 is 0 Å². The summed E-state index contributed by atoms with van der Waals surface area (Å²) in [4.78, 5) is 5.01. The van der Waals surface area contributed by atoms with Crippen LogP contribution in [0.5, 0.6) is 0 Å². The first-order chi connectivity index (χ1) is 8.58. The summed E-state index contributed by atoms with van der Waals surface area (Å²) in [6.45, 7) is 0. The van der Waals surface area contributed by atoms with Crippen molar-refractivity contribution < 1.29 is 0 Å². The zero-order valence-corrected chi connectivity index (χ0v) is 11.9. The standard InChI is InChI=1S/C12H5Cl3N2S/c13-9-2-1-8(5-10(9)14)18-12-4-7(6-16)3-11(15)17-12/h1-5H. The fourth-order valence-corrected chi connectivity index (χ4v) is 2.76. The van der Waals surface area contributed by atoms with Gasteiger partial charge < -0.3 is 0 Å². The summed E-state index contributed by atoms with van der Waals surface area (Å²) in [6.07, 6.45) is 0. The van der Waals surface area contributed by atoms with Crippen molar-refractivity contribution in [3.8, 4) is 6.07 Å². The van der Waals surface area contributed by atoms with Crippen LogP contribution < -0.4 is 0 Å². The van der Waals surface area contributed by atoms with Gasteiger partial charge in [0.25, 0.3) is 0 Å². The van der Waals surface area contributed by atoms with E-state index in [1.165, 1.54) is 17.8 Å². The maximum absolute atomic E-state index is 8.85. The van der Waals surface area contributed by atoms with Crippen LogP contribution in [0.4, 0.5) is 0 Å². The maximum atomic E-state index is 8.85. The lowest BCUT2D eigenvalue weighted by atomic mass is 10.3. The van der Waals surface area contributed by atoms with Crippen molar-refractivity contribution in [2.24, 2.45) is 0 Å². The van der Waals surface area contributed by atoms with E-state index in [9.17, 15) is 0 Å². The van der Waals surface area contributed by atoms with Gasteiger partial charge in [-0.15, -0.1) is 0 Å². The second-order valence-electron chi connectivity index (χ2n) is 3.31. The zero-order valence-electron chi connectivity index (χ0n) is 8.82. The smallest absolute Gasteiger partial charge is 0.131 e. The lowest BCUT2D eigenvalue weighted by Crippen LogP contribution is -1.84. The van der Waals surface area contributed by atoms with Gasteiger partial charge in [-0.1, -0.05) is 46.6 Å². The van der Waals surface area contributed by atoms with Gasteiger partial charge in [-0.25, -0.2) is 4.98 Å². The van der Waals surface area contributed by atoms with E-state index in [0.717, 1.165) is 4.90 Å². The highest BCUT2D eigenvalue weighted by atomic mass is 35.5. The number of hydrogen-bond donors (Lipinski definition) is 0. The molecule has 0 spiro atoms. The third-order valence-electron chi connectivity index (χ3n) is 2.01. The number of pyridine rings is 1. The molecule has 1 aromatic carbocycles. The Hall–Kier alpha value is -0.920. The van der Waals surface area contributed by atoms with Crippen molar-refractivity contribution >= 4 is 46.6 Å². The first kappa shape index (κ1) is 13.5. The Labute approximate surface area is 123 Å². The number of nitrogens with zero attached hydrogens (tertiary/aromatic N) is 2. The highest BCUT2D eigenvalue weighted by Gasteiger charge is 2.05. The molecular formula is C12H5Cl3N2S. The van der Waals surface area contributed by atoms with Gasteiger partial charge in [0.1, 0.15) is 10.2 Å². The van der Waals surface area contributed by atoms with Crippen molar-refractivity contribution in [3.05, 3.63) is 51.1 Å². The Morgan fingerprint density at radius 2 is 1.83 bits per heavy atom. The summed E-state index contributed by atoms with van der Waals surface area (Å²) in [5.74, 6) is 0. The number of aromatic nitrogens is 1. The fraction of sp³-hybridized carbons (Fsp3) is 0. The molecule has 90 valence electrons. The normalized spacial score (nSPS) is 10.1. The third-order valence-corrected chi connectivity index (χ3v) is 3.85. The highest BCUT2D eigenvalue weighted by Crippen LogP contribution is 2.32. The van der Waals surface area contributed by atoms with E-state index in [2.05, 4.69) is 4.98 Å². The van der Waals surface area contributed by atoms with Crippen molar-refractivity contribution in [2.45, 2.75) is 9.92 Å². The van der Waals surface area contributed by atoms with Gasteiger partial charge >= 0.3 is 0 Å². The molecule has 2 nitrogen and oxygen atoms in total. The van der Waals surface area contributed by atoms with Gasteiger partial charge in [-0.05, 0) is 30.3 Å². The van der Waals surface area contributed by atoms with Crippen LogP contribution in [0.3, 0.4) is 0 Å². The molecule has 0 unspecified atom stereocenters. The van der Waals surface area contributed by atoms with Gasteiger partial charge in [0, 0.05) is 4.90 Å². The molecule has 0 bridgehead atoms. The number of rotatable bonds is 2. The Kier molecular flexibility index (Phi) is 4.36. The first-order valence-electron chi connectivity index (χ1n) is 4.79. The van der Waals surface area contributed by atoms with Crippen LogP contribution in [0.15, 0.2) is 40.3 Å². The molecule has 0 aliphatic rings. The van der Waals surface area contributed by atoms with E-state index in [4.69, 9.17) is 40.1 Å². The Balaban J connectivity index is 2.31. The summed E-state index contributed by atoms with van der Waals surface area (Å²) in [7, 11) is 0. The van der Waals surface area contributed by atoms with Crippen molar-refractivity contribution in [3.63, 3.8) is 0 Å². The van der Waals surface area contributed by atoms with E-state index in [0.29, 0.717) is 20.6 Å². The van der Waals surface area contributed by atoms with Gasteiger partial charge in [0.05, 0.1) is 21.7 Å². The predicted octanol–water partition coefficient (Wildman–Crippen LogP) is 5.06. The summed E-state index contributed by atoms with van der Waals surface area (Å²) in [5, 5.41) is 10.7. The average molecular weight is 316 g/mol. The molecule has 18 heavy (non-hydrogen) atoms. The minimum Gasteiger partial charge on any atom is -0.229 e. The van der Waals surface area contributed by atoms with E-state index >= 15 is 0 Å². The molecule has 2 aromatic rings. The van der Waals surface area contributed by atoms with Crippen LogP contribution in [0.25, 0.3) is 0 Å². The fourth-order valence-electron chi connectivity index (χ4n) is 1.25. The second-order valence-corrected chi connectivity index (χ2v) is 5.60. The molecular weight excluding hydrogens is 311 g/mol. The number of nitriles is 1. The molecule has 0 aliphatic carbocycles. The van der Waals surface area contributed by atoms with Crippen LogP contribution in [0, 0.1) is 11.3 Å². The summed E-state index contributed by atoms with van der Waals surface area (Å²) in [5.41, 5.74) is 0.470. The van der Waals surface area contributed by atoms with Gasteiger partial charge in [-0.3, -0.25) is 0 Å². The Morgan fingerprint density at radius 3 is 2.50 bits per heavy atom. The lowest BCUT2D eigenvalue weighted by Gasteiger charge is -2.03. The molecule has 1 aromatic heterocycles. The van der Waals surface area contributed by atoms with E-state index in [-0.39, 0.29) is 5.15 Å². The van der Waals surface area contributed by atoms with Crippen molar-refractivity contribution in [1.29, 1.82) is 5.26 Å². The predicted molar refractivity (Wildman–Crippen MR) is 74.5 cm³/mol. The Morgan fingerprint density at radius 1 is 1.06 bits per heavy atom. The SMILES string of the molecule is N#Cc1cc(Cl)nc(Sc2ccc(Cl)c(Cl)c2)c1. The van der Waals surface area contributed by atoms with E-state index in [1.807, 2.05) is 12.1 Å². The molecule has 0 saturated heterocycles. The Bertz CT molecular complexity index is 638. The topological polar surface area (TPSA) is 36.7 Å². The summed E-state index contributed by atoms with van der Waals surface area (Å²) >= 11 is 19.0. The maximum Gasteiger partial charge on any atom is 0.131 e. The summed E-state index contributed by atoms with van der Waals surface area (Å²) < 4.78 is 0. The van der Waals surface area contributed by atoms with Gasteiger partial charge in [-0.2, -0.15) is 5.26 Å².